The Morgan fingerprint density at radius 3 is 1.88 bits per heavy atom. The van der Waals surface area contributed by atoms with Crippen LogP contribution in [-0.2, 0) is 0 Å². The van der Waals surface area contributed by atoms with Crippen molar-refractivity contribution in [2.24, 2.45) is 0 Å². The zero-order valence-electron chi connectivity index (χ0n) is 7.73. The van der Waals surface area contributed by atoms with Gasteiger partial charge in [0.2, 0.25) is 0 Å². The van der Waals surface area contributed by atoms with Crippen LogP contribution in [0.25, 0.3) is 6.08 Å². The Morgan fingerprint density at radius 2 is 1.44 bits per heavy atom. The second-order valence-corrected chi connectivity index (χ2v) is 3.44. The maximum absolute atomic E-state index is 12.5. The van der Waals surface area contributed by atoms with E-state index >= 15 is 0 Å². The van der Waals surface area contributed by atoms with Crippen LogP contribution in [0.1, 0.15) is 5.56 Å². The lowest BCUT2D eigenvalue weighted by atomic mass is 10.2. The molecule has 1 aromatic rings. The fraction of sp³-hybridized carbons (Fsp3) is 0.200. The largest absolute Gasteiger partial charge is 0.457 e. The SMILES string of the molecule is FC(F)(F)C(F)(F)/C=C/c1ccc(Cl)cc1. The van der Waals surface area contributed by atoms with Crippen LogP contribution in [0.4, 0.5) is 22.0 Å². The van der Waals surface area contributed by atoms with Gasteiger partial charge >= 0.3 is 12.1 Å². The van der Waals surface area contributed by atoms with Gasteiger partial charge in [0, 0.05) is 5.02 Å². The zero-order valence-corrected chi connectivity index (χ0v) is 8.49. The second-order valence-electron chi connectivity index (χ2n) is 3.01. The lowest BCUT2D eigenvalue weighted by Gasteiger charge is -2.15. The van der Waals surface area contributed by atoms with Crippen LogP contribution in [0.3, 0.4) is 0 Å². The van der Waals surface area contributed by atoms with E-state index in [-0.39, 0.29) is 11.6 Å². The van der Waals surface area contributed by atoms with Crippen LogP contribution >= 0.6 is 11.6 Å². The molecule has 1 rings (SSSR count). The van der Waals surface area contributed by atoms with Crippen molar-refractivity contribution in [3.63, 3.8) is 0 Å². The summed E-state index contributed by atoms with van der Waals surface area (Å²) in [5.41, 5.74) is 0.216. The molecule has 0 aliphatic carbocycles. The van der Waals surface area contributed by atoms with Crippen molar-refractivity contribution in [1.29, 1.82) is 0 Å². The molecule has 0 spiro atoms. The van der Waals surface area contributed by atoms with Gasteiger partial charge in [0.1, 0.15) is 0 Å². The second kappa shape index (κ2) is 4.41. The van der Waals surface area contributed by atoms with Crippen LogP contribution in [0.2, 0.25) is 5.02 Å². The fourth-order valence-corrected chi connectivity index (χ4v) is 0.995. The molecule has 88 valence electrons. The first kappa shape index (κ1) is 13.0. The van der Waals surface area contributed by atoms with E-state index in [1.54, 1.807) is 0 Å². The molecule has 0 aliphatic heterocycles. The Kier molecular flexibility index (Phi) is 3.57. The first-order valence-electron chi connectivity index (χ1n) is 4.12. The molecular weight excluding hydrogens is 251 g/mol. The maximum Gasteiger partial charge on any atom is 0.457 e. The minimum atomic E-state index is -5.57. The molecule has 0 amide bonds. The van der Waals surface area contributed by atoms with Crippen LogP contribution in [0, 0.1) is 0 Å². The summed E-state index contributed by atoms with van der Waals surface area (Å²) >= 11 is 5.52. The lowest BCUT2D eigenvalue weighted by molar-refractivity contribution is -0.258. The van der Waals surface area contributed by atoms with Crippen molar-refractivity contribution in [3.05, 3.63) is 40.9 Å². The van der Waals surface area contributed by atoms with Gasteiger partial charge in [0.05, 0.1) is 0 Å². The van der Waals surface area contributed by atoms with Crippen molar-refractivity contribution >= 4 is 17.7 Å². The third-order valence-electron chi connectivity index (χ3n) is 1.73. The van der Waals surface area contributed by atoms with Crippen LogP contribution in [0.5, 0.6) is 0 Å². The molecule has 0 saturated heterocycles. The molecular formula is C10H6ClF5. The summed E-state index contributed by atoms with van der Waals surface area (Å²) in [6.45, 7) is 0. The standard InChI is InChI=1S/C10H6ClF5/c11-8-3-1-7(2-4-8)5-6-9(12,13)10(14,15)16/h1-6H/b6-5+. The Bertz CT molecular complexity index is 377. The normalized spacial score (nSPS) is 13.4. The van der Waals surface area contributed by atoms with Crippen molar-refractivity contribution < 1.29 is 22.0 Å². The van der Waals surface area contributed by atoms with Crippen molar-refractivity contribution in [1.82, 2.24) is 0 Å². The van der Waals surface area contributed by atoms with E-state index in [0.29, 0.717) is 11.1 Å². The summed E-state index contributed by atoms with van der Waals surface area (Å²) in [7, 11) is 0. The van der Waals surface area contributed by atoms with Gasteiger partial charge in [-0.3, -0.25) is 0 Å². The fourth-order valence-electron chi connectivity index (χ4n) is 0.869. The summed E-state index contributed by atoms with van der Waals surface area (Å²) in [5.74, 6) is -4.83. The Labute approximate surface area is 93.3 Å². The molecule has 0 saturated carbocycles. The topological polar surface area (TPSA) is 0 Å². The highest BCUT2D eigenvalue weighted by Crippen LogP contribution is 2.36. The average Bonchev–Trinajstić information content (AvgIpc) is 2.15. The summed E-state index contributed by atoms with van der Waals surface area (Å²) in [4.78, 5) is 0. The van der Waals surface area contributed by atoms with E-state index in [0.717, 1.165) is 0 Å². The molecule has 6 heteroatoms. The lowest BCUT2D eigenvalue weighted by Crippen LogP contribution is -2.33. The Morgan fingerprint density at radius 1 is 0.938 bits per heavy atom. The Hall–Kier alpha value is -1.10. The van der Waals surface area contributed by atoms with Gasteiger partial charge in [0.15, 0.2) is 0 Å². The number of hydrogen-bond donors (Lipinski definition) is 0. The molecule has 16 heavy (non-hydrogen) atoms. The predicted molar refractivity (Wildman–Crippen MR) is 51.5 cm³/mol. The minimum Gasteiger partial charge on any atom is -0.191 e. The summed E-state index contributed by atoms with van der Waals surface area (Å²) in [5, 5.41) is 0.375. The molecule has 0 atom stereocenters. The van der Waals surface area contributed by atoms with E-state index in [9.17, 15) is 22.0 Å². The van der Waals surface area contributed by atoms with Crippen molar-refractivity contribution in [3.8, 4) is 0 Å². The first-order valence-corrected chi connectivity index (χ1v) is 4.49. The minimum absolute atomic E-state index is 0.184. The highest BCUT2D eigenvalue weighted by molar-refractivity contribution is 6.30. The maximum atomic E-state index is 12.5. The number of hydrogen-bond acceptors (Lipinski definition) is 0. The van der Waals surface area contributed by atoms with Gasteiger partial charge < -0.3 is 0 Å². The number of benzene rings is 1. The van der Waals surface area contributed by atoms with E-state index < -0.39 is 12.1 Å². The number of allylic oxidation sites excluding steroid dienone is 1. The van der Waals surface area contributed by atoms with Crippen LogP contribution < -0.4 is 0 Å². The predicted octanol–water partition coefficient (Wildman–Crippen LogP) is 4.55. The average molecular weight is 257 g/mol. The molecule has 0 aromatic heterocycles. The summed E-state index contributed by atoms with van der Waals surface area (Å²) < 4.78 is 60.2. The zero-order chi connectivity index (χ0) is 12.4. The third kappa shape index (κ3) is 3.20. The molecule has 0 bridgehead atoms. The van der Waals surface area contributed by atoms with Gasteiger partial charge in [-0.1, -0.05) is 29.8 Å². The van der Waals surface area contributed by atoms with E-state index in [1.807, 2.05) is 0 Å². The van der Waals surface area contributed by atoms with Gasteiger partial charge in [-0.2, -0.15) is 22.0 Å². The smallest absolute Gasteiger partial charge is 0.191 e. The third-order valence-corrected chi connectivity index (χ3v) is 1.99. The van der Waals surface area contributed by atoms with Crippen molar-refractivity contribution in [2.45, 2.75) is 12.1 Å². The van der Waals surface area contributed by atoms with Crippen LogP contribution in [0.15, 0.2) is 30.3 Å². The molecule has 0 radical (unpaired) electrons. The monoisotopic (exact) mass is 256 g/mol. The summed E-state index contributed by atoms with van der Waals surface area (Å²) in [6.07, 6.45) is -5.06. The van der Waals surface area contributed by atoms with E-state index in [4.69, 9.17) is 11.6 Å². The molecule has 0 aliphatic rings. The molecule has 0 unspecified atom stereocenters. The van der Waals surface area contributed by atoms with Gasteiger partial charge in [-0.15, -0.1) is 0 Å². The quantitative estimate of drug-likeness (QED) is 0.681. The first-order chi connectivity index (χ1) is 7.22. The molecule has 0 N–H and O–H groups in total. The van der Waals surface area contributed by atoms with Crippen LogP contribution in [-0.4, -0.2) is 12.1 Å². The van der Waals surface area contributed by atoms with Gasteiger partial charge in [-0.25, -0.2) is 0 Å². The number of rotatable bonds is 2. The molecule has 0 fully saturated rings. The van der Waals surface area contributed by atoms with Gasteiger partial charge in [-0.05, 0) is 23.8 Å². The van der Waals surface area contributed by atoms with Crippen molar-refractivity contribution in [2.75, 3.05) is 0 Å². The number of halogens is 6. The van der Waals surface area contributed by atoms with Gasteiger partial charge in [0.25, 0.3) is 0 Å². The van der Waals surface area contributed by atoms with E-state index in [2.05, 4.69) is 0 Å². The molecule has 1 aromatic carbocycles. The summed E-state index contributed by atoms with van der Waals surface area (Å²) in [6, 6.07) is 5.47. The molecule has 0 heterocycles. The highest BCUT2D eigenvalue weighted by Gasteiger charge is 2.55. The molecule has 0 nitrogen and oxygen atoms in total. The number of alkyl halides is 5. The Balaban J connectivity index is 2.85. The highest BCUT2D eigenvalue weighted by atomic mass is 35.5. The van der Waals surface area contributed by atoms with E-state index in [1.165, 1.54) is 24.3 Å².